The van der Waals surface area contributed by atoms with Crippen molar-refractivity contribution in [3.63, 3.8) is 0 Å². The van der Waals surface area contributed by atoms with E-state index < -0.39 is 11.7 Å². The van der Waals surface area contributed by atoms with Gasteiger partial charge in [0.05, 0.1) is 16.6 Å². The zero-order valence-electron chi connectivity index (χ0n) is 18.5. The number of alkyl halides is 3. The van der Waals surface area contributed by atoms with Crippen LogP contribution in [-0.4, -0.2) is 48.6 Å². The lowest BCUT2D eigenvalue weighted by Crippen LogP contribution is -2.42. The van der Waals surface area contributed by atoms with E-state index in [0.717, 1.165) is 42.2 Å². The molecule has 0 radical (unpaired) electrons. The number of hydrogen-bond acceptors (Lipinski definition) is 5. The molecule has 0 aliphatic carbocycles. The minimum Gasteiger partial charge on any atom is -0.486 e. The lowest BCUT2D eigenvalue weighted by atomic mass is 9.94. The monoisotopic (exact) mass is 495 g/mol. The van der Waals surface area contributed by atoms with Crippen LogP contribution in [-0.2, 0) is 11.0 Å². The van der Waals surface area contributed by atoms with Crippen LogP contribution in [0.15, 0.2) is 30.5 Å². The van der Waals surface area contributed by atoms with Gasteiger partial charge in [-0.3, -0.25) is 4.79 Å². The summed E-state index contributed by atoms with van der Waals surface area (Å²) in [5, 5.41) is -0.0298. The number of benzene rings is 1. The number of carbonyl (C=O) groups excluding carboxylic acids is 1. The van der Waals surface area contributed by atoms with Crippen molar-refractivity contribution < 1.29 is 27.4 Å². The van der Waals surface area contributed by atoms with Crippen molar-refractivity contribution >= 4 is 23.3 Å². The van der Waals surface area contributed by atoms with E-state index in [4.69, 9.17) is 21.1 Å². The van der Waals surface area contributed by atoms with Gasteiger partial charge in [0.25, 0.3) is 0 Å². The Morgan fingerprint density at radius 2 is 1.76 bits per heavy atom. The maximum absolute atomic E-state index is 13.4. The average Bonchev–Trinajstić information content (AvgIpc) is 3.33. The highest BCUT2D eigenvalue weighted by molar-refractivity contribution is 6.33. The Morgan fingerprint density at radius 1 is 1.03 bits per heavy atom. The summed E-state index contributed by atoms with van der Waals surface area (Å²) in [5.74, 6) is 1.77. The number of aromatic nitrogens is 1. The van der Waals surface area contributed by atoms with E-state index in [0.29, 0.717) is 51.5 Å². The van der Waals surface area contributed by atoms with Crippen LogP contribution < -0.4 is 14.4 Å². The number of likely N-dealkylation sites (tertiary alicyclic amines) is 1. The molecule has 1 amide bonds. The van der Waals surface area contributed by atoms with Crippen molar-refractivity contribution in [3.05, 3.63) is 46.6 Å². The number of hydrogen-bond donors (Lipinski definition) is 0. The van der Waals surface area contributed by atoms with Gasteiger partial charge in [-0.1, -0.05) is 17.7 Å². The van der Waals surface area contributed by atoms with Gasteiger partial charge in [-0.25, -0.2) is 4.98 Å². The van der Waals surface area contributed by atoms with Crippen molar-refractivity contribution in [3.8, 4) is 11.5 Å². The minimum atomic E-state index is -4.49. The van der Waals surface area contributed by atoms with Gasteiger partial charge >= 0.3 is 6.18 Å². The van der Waals surface area contributed by atoms with Crippen LogP contribution in [0.25, 0.3) is 0 Å². The van der Waals surface area contributed by atoms with Crippen LogP contribution in [0.2, 0.25) is 5.02 Å². The van der Waals surface area contributed by atoms with E-state index in [2.05, 4.69) is 4.98 Å². The largest absolute Gasteiger partial charge is 0.486 e. The van der Waals surface area contributed by atoms with Gasteiger partial charge in [0.1, 0.15) is 19.0 Å². The lowest BCUT2D eigenvalue weighted by Gasteiger charge is -2.36. The van der Waals surface area contributed by atoms with E-state index in [1.807, 2.05) is 28.0 Å². The van der Waals surface area contributed by atoms with Crippen LogP contribution in [0, 0.1) is 5.92 Å². The summed E-state index contributed by atoms with van der Waals surface area (Å²) in [7, 11) is 0. The maximum Gasteiger partial charge on any atom is 0.417 e. The Morgan fingerprint density at radius 3 is 2.47 bits per heavy atom. The van der Waals surface area contributed by atoms with Crippen molar-refractivity contribution in [1.29, 1.82) is 0 Å². The summed E-state index contributed by atoms with van der Waals surface area (Å²) in [4.78, 5) is 21.2. The Bertz CT molecular complexity index is 1070. The summed E-state index contributed by atoms with van der Waals surface area (Å²) >= 11 is 6.11. The van der Waals surface area contributed by atoms with Crippen molar-refractivity contribution in [1.82, 2.24) is 9.88 Å². The molecule has 2 fully saturated rings. The smallest absolute Gasteiger partial charge is 0.417 e. The molecule has 0 N–H and O–H groups in total. The Balaban J connectivity index is 1.24. The lowest BCUT2D eigenvalue weighted by molar-refractivity contribution is -0.138. The van der Waals surface area contributed by atoms with E-state index >= 15 is 0 Å². The molecule has 0 bridgehead atoms. The first-order chi connectivity index (χ1) is 16.3. The molecule has 2 aromatic rings. The molecule has 5 rings (SSSR count). The van der Waals surface area contributed by atoms with Crippen LogP contribution in [0.3, 0.4) is 0 Å². The fraction of sp³-hybridized carbons (Fsp3) is 0.500. The maximum atomic E-state index is 13.4. The second kappa shape index (κ2) is 9.17. The fourth-order valence-electron chi connectivity index (χ4n) is 5.04. The Kier molecular flexibility index (Phi) is 6.22. The van der Waals surface area contributed by atoms with Crippen LogP contribution >= 0.6 is 11.6 Å². The summed E-state index contributed by atoms with van der Waals surface area (Å²) in [6.45, 7) is 2.78. The molecule has 0 saturated carbocycles. The molecule has 0 unspecified atom stereocenters. The highest BCUT2D eigenvalue weighted by Gasteiger charge is 2.37. The molecule has 182 valence electrons. The summed E-state index contributed by atoms with van der Waals surface area (Å²) in [5.41, 5.74) is 0.179. The first-order valence-corrected chi connectivity index (χ1v) is 11.9. The first-order valence-electron chi connectivity index (χ1n) is 11.5. The summed E-state index contributed by atoms with van der Waals surface area (Å²) in [6, 6.07) is 6.80. The molecule has 4 heterocycles. The molecule has 3 aliphatic heterocycles. The number of rotatable bonds is 3. The van der Waals surface area contributed by atoms with Gasteiger partial charge in [-0.05, 0) is 49.4 Å². The predicted molar refractivity (Wildman–Crippen MR) is 120 cm³/mol. The number of fused-ring (bicyclic) bond motifs is 1. The number of piperidine rings is 1. The van der Waals surface area contributed by atoms with Gasteiger partial charge in [0.2, 0.25) is 5.91 Å². The Labute approximate surface area is 200 Å². The van der Waals surface area contributed by atoms with Gasteiger partial charge in [-0.2, -0.15) is 13.2 Å². The predicted octanol–water partition coefficient (Wildman–Crippen LogP) is 5.11. The highest BCUT2D eigenvalue weighted by Crippen LogP contribution is 2.40. The molecule has 1 atom stereocenters. The minimum absolute atomic E-state index is 0.00683. The number of amides is 1. The van der Waals surface area contributed by atoms with Crippen molar-refractivity contribution in [2.24, 2.45) is 5.92 Å². The van der Waals surface area contributed by atoms with E-state index in [1.165, 1.54) is 0 Å². The van der Waals surface area contributed by atoms with Crippen molar-refractivity contribution in [2.45, 2.75) is 37.9 Å². The molecule has 3 aliphatic rings. The van der Waals surface area contributed by atoms with Gasteiger partial charge in [-0.15, -0.1) is 0 Å². The second-order valence-corrected chi connectivity index (χ2v) is 9.29. The van der Waals surface area contributed by atoms with Gasteiger partial charge in [0.15, 0.2) is 11.5 Å². The van der Waals surface area contributed by atoms with E-state index in [1.54, 1.807) is 0 Å². The van der Waals surface area contributed by atoms with Gasteiger partial charge in [0, 0.05) is 31.7 Å². The number of nitrogens with zero attached hydrogens (tertiary/aromatic N) is 3. The van der Waals surface area contributed by atoms with Crippen LogP contribution in [0.5, 0.6) is 11.5 Å². The number of carbonyl (C=O) groups is 1. The third kappa shape index (κ3) is 4.50. The number of anilines is 1. The highest BCUT2D eigenvalue weighted by atomic mass is 35.5. The summed E-state index contributed by atoms with van der Waals surface area (Å²) in [6.07, 6.45) is -0.646. The third-order valence-electron chi connectivity index (χ3n) is 6.78. The molecule has 2 saturated heterocycles. The van der Waals surface area contributed by atoms with Crippen LogP contribution in [0.1, 0.15) is 42.9 Å². The molecular formula is C24H25ClF3N3O3. The fourth-order valence-corrected chi connectivity index (χ4v) is 5.32. The molecular weight excluding hydrogens is 471 g/mol. The zero-order chi connectivity index (χ0) is 23.9. The van der Waals surface area contributed by atoms with Crippen LogP contribution in [0.4, 0.5) is 19.0 Å². The molecule has 1 aromatic carbocycles. The number of halogens is 4. The number of ether oxygens (including phenoxy) is 2. The van der Waals surface area contributed by atoms with E-state index in [9.17, 15) is 18.0 Å². The Hall–Kier alpha value is -2.68. The molecule has 1 aromatic heterocycles. The quantitative estimate of drug-likeness (QED) is 0.592. The molecule has 6 nitrogen and oxygen atoms in total. The topological polar surface area (TPSA) is 54.9 Å². The van der Waals surface area contributed by atoms with Gasteiger partial charge < -0.3 is 19.3 Å². The molecule has 0 spiro atoms. The molecule has 10 heteroatoms. The zero-order valence-corrected chi connectivity index (χ0v) is 19.2. The molecule has 34 heavy (non-hydrogen) atoms. The average molecular weight is 496 g/mol. The SMILES string of the molecule is O=C(C1CCN(c2ncc(C(F)(F)F)cc2Cl)CC1)N1CCC[C@H]1c1ccc2c(c1)OCCO2. The standard InChI is InChI=1S/C24H25ClF3N3O3/c25-18-13-17(24(26,27)28)14-29-22(18)30-8-5-15(6-9-30)23(32)31-7-1-2-19(31)16-3-4-20-21(12-16)34-11-10-33-20/h3-4,12-15,19H,1-2,5-11H2/t19-/m0/s1. The second-order valence-electron chi connectivity index (χ2n) is 8.88. The summed E-state index contributed by atoms with van der Waals surface area (Å²) < 4.78 is 50.0. The normalized spacial score (nSPS) is 21.1. The van der Waals surface area contributed by atoms with E-state index in [-0.39, 0.29) is 22.9 Å². The third-order valence-corrected chi connectivity index (χ3v) is 7.06. The first kappa shape index (κ1) is 23.1. The number of pyridine rings is 1. The van der Waals surface area contributed by atoms with Crippen molar-refractivity contribution in [2.75, 3.05) is 37.7 Å².